The van der Waals surface area contributed by atoms with Crippen LogP contribution < -0.4 is 5.32 Å². The number of nitrogens with zero attached hydrogens (tertiary/aromatic N) is 1. The number of hydrogen-bond donors (Lipinski definition) is 1. The van der Waals surface area contributed by atoms with Crippen LogP contribution >= 0.6 is 11.8 Å². The Morgan fingerprint density at radius 3 is 2.50 bits per heavy atom. The summed E-state index contributed by atoms with van der Waals surface area (Å²) in [6, 6.07) is 10.9. The molecule has 0 aliphatic carbocycles. The van der Waals surface area contributed by atoms with Gasteiger partial charge in [0.25, 0.3) is 0 Å². The SMILES string of the molecule is CSc1ccccc1NC1CC2CCC(C1)N2C. The first-order chi connectivity index (χ1) is 8.78. The van der Waals surface area contributed by atoms with Gasteiger partial charge in [-0.2, -0.15) is 0 Å². The molecule has 2 nitrogen and oxygen atoms in total. The smallest absolute Gasteiger partial charge is 0.0480 e. The Balaban J connectivity index is 1.70. The van der Waals surface area contributed by atoms with Crippen molar-refractivity contribution in [2.45, 2.75) is 48.7 Å². The van der Waals surface area contributed by atoms with E-state index in [1.807, 2.05) is 11.8 Å². The van der Waals surface area contributed by atoms with Crippen LogP contribution in [0.4, 0.5) is 5.69 Å². The average Bonchev–Trinajstić information content (AvgIpc) is 2.63. The number of thioether (sulfide) groups is 1. The van der Waals surface area contributed by atoms with Crippen molar-refractivity contribution in [1.82, 2.24) is 4.90 Å². The van der Waals surface area contributed by atoms with Crippen molar-refractivity contribution in [1.29, 1.82) is 0 Å². The quantitative estimate of drug-likeness (QED) is 0.840. The van der Waals surface area contributed by atoms with Crippen molar-refractivity contribution in [3.63, 3.8) is 0 Å². The minimum atomic E-state index is 0.659. The molecule has 0 amide bonds. The largest absolute Gasteiger partial charge is 0.381 e. The van der Waals surface area contributed by atoms with E-state index in [-0.39, 0.29) is 0 Å². The molecule has 2 bridgehead atoms. The number of hydrogen-bond acceptors (Lipinski definition) is 3. The molecule has 2 unspecified atom stereocenters. The number of rotatable bonds is 3. The van der Waals surface area contributed by atoms with Gasteiger partial charge >= 0.3 is 0 Å². The maximum absolute atomic E-state index is 3.77. The molecule has 1 aromatic rings. The summed E-state index contributed by atoms with van der Waals surface area (Å²) in [7, 11) is 2.30. The van der Waals surface area contributed by atoms with Gasteiger partial charge in [-0.3, -0.25) is 0 Å². The van der Waals surface area contributed by atoms with Crippen LogP contribution in [-0.2, 0) is 0 Å². The van der Waals surface area contributed by atoms with E-state index < -0.39 is 0 Å². The van der Waals surface area contributed by atoms with Gasteiger partial charge < -0.3 is 10.2 Å². The van der Waals surface area contributed by atoms with Crippen molar-refractivity contribution < 1.29 is 0 Å². The summed E-state index contributed by atoms with van der Waals surface area (Å²) in [5.41, 5.74) is 1.32. The zero-order valence-corrected chi connectivity index (χ0v) is 12.0. The van der Waals surface area contributed by atoms with Crippen molar-refractivity contribution in [2.24, 2.45) is 0 Å². The molecule has 2 fully saturated rings. The third-order valence-electron chi connectivity index (χ3n) is 4.56. The molecule has 2 heterocycles. The normalized spacial score (nSPS) is 31.6. The highest BCUT2D eigenvalue weighted by Gasteiger charge is 2.38. The molecule has 3 heteroatoms. The number of para-hydroxylation sites is 1. The van der Waals surface area contributed by atoms with Crippen molar-refractivity contribution in [2.75, 3.05) is 18.6 Å². The lowest BCUT2D eigenvalue weighted by Crippen LogP contribution is -2.44. The molecule has 0 aromatic heterocycles. The molecular formula is C15H22N2S. The summed E-state index contributed by atoms with van der Waals surface area (Å²) in [5, 5.41) is 3.77. The van der Waals surface area contributed by atoms with Gasteiger partial charge in [0.1, 0.15) is 0 Å². The van der Waals surface area contributed by atoms with E-state index in [1.54, 1.807) is 0 Å². The average molecular weight is 262 g/mol. The van der Waals surface area contributed by atoms with Gasteiger partial charge in [0.15, 0.2) is 0 Å². The molecule has 0 saturated carbocycles. The highest BCUT2D eigenvalue weighted by Crippen LogP contribution is 2.36. The molecule has 2 aliphatic heterocycles. The van der Waals surface area contributed by atoms with Gasteiger partial charge in [-0.25, -0.2) is 0 Å². The summed E-state index contributed by atoms with van der Waals surface area (Å²) in [4.78, 5) is 3.96. The number of benzene rings is 1. The predicted octanol–water partition coefficient (Wildman–Crippen LogP) is 3.45. The summed E-state index contributed by atoms with van der Waals surface area (Å²) in [6.07, 6.45) is 7.54. The van der Waals surface area contributed by atoms with Gasteiger partial charge in [0, 0.05) is 28.7 Å². The maximum Gasteiger partial charge on any atom is 0.0480 e. The second-order valence-electron chi connectivity index (χ2n) is 5.56. The van der Waals surface area contributed by atoms with Crippen LogP contribution in [0.3, 0.4) is 0 Å². The summed E-state index contributed by atoms with van der Waals surface area (Å²) in [6.45, 7) is 0. The molecule has 1 aromatic carbocycles. The van der Waals surface area contributed by atoms with Crippen molar-refractivity contribution in [3.05, 3.63) is 24.3 Å². The lowest BCUT2D eigenvalue weighted by Gasteiger charge is -2.37. The fourth-order valence-corrected chi connectivity index (χ4v) is 4.07. The van der Waals surface area contributed by atoms with Crippen LogP contribution in [0.2, 0.25) is 0 Å². The second kappa shape index (κ2) is 5.14. The maximum atomic E-state index is 3.77. The molecule has 0 spiro atoms. The minimum Gasteiger partial charge on any atom is -0.381 e. The highest BCUT2D eigenvalue weighted by atomic mass is 32.2. The minimum absolute atomic E-state index is 0.659. The van der Waals surface area contributed by atoms with E-state index in [9.17, 15) is 0 Å². The Morgan fingerprint density at radius 1 is 1.17 bits per heavy atom. The number of anilines is 1. The molecule has 98 valence electrons. The molecule has 3 rings (SSSR count). The third kappa shape index (κ3) is 2.26. The molecule has 0 radical (unpaired) electrons. The second-order valence-corrected chi connectivity index (χ2v) is 6.41. The monoisotopic (exact) mass is 262 g/mol. The van der Waals surface area contributed by atoms with E-state index in [0.717, 1.165) is 12.1 Å². The first-order valence-corrected chi connectivity index (χ1v) is 8.12. The highest BCUT2D eigenvalue weighted by molar-refractivity contribution is 7.98. The van der Waals surface area contributed by atoms with Gasteiger partial charge in [-0.1, -0.05) is 12.1 Å². The van der Waals surface area contributed by atoms with Crippen LogP contribution in [0.5, 0.6) is 0 Å². The van der Waals surface area contributed by atoms with Crippen LogP contribution in [0.25, 0.3) is 0 Å². The summed E-state index contributed by atoms with van der Waals surface area (Å²) in [5.74, 6) is 0. The van der Waals surface area contributed by atoms with Crippen LogP contribution in [0.15, 0.2) is 29.2 Å². The zero-order chi connectivity index (χ0) is 12.5. The van der Waals surface area contributed by atoms with Crippen LogP contribution in [0, 0.1) is 0 Å². The third-order valence-corrected chi connectivity index (χ3v) is 5.36. The Kier molecular flexibility index (Phi) is 3.53. The molecule has 2 aliphatic rings. The van der Waals surface area contributed by atoms with Crippen molar-refractivity contribution >= 4 is 17.4 Å². The standard InChI is InChI=1S/C15H22N2S/c1-17-12-7-8-13(17)10-11(9-12)16-14-5-3-4-6-15(14)18-2/h3-6,11-13,16H,7-10H2,1-2H3. The fourth-order valence-electron chi connectivity index (χ4n) is 3.51. The first-order valence-electron chi connectivity index (χ1n) is 6.89. The van der Waals surface area contributed by atoms with E-state index in [0.29, 0.717) is 6.04 Å². The summed E-state index contributed by atoms with van der Waals surface area (Å²) < 4.78 is 0. The lowest BCUT2D eigenvalue weighted by molar-refractivity contribution is 0.169. The van der Waals surface area contributed by atoms with Gasteiger partial charge in [0.2, 0.25) is 0 Å². The van der Waals surface area contributed by atoms with Crippen LogP contribution in [0.1, 0.15) is 25.7 Å². The van der Waals surface area contributed by atoms with E-state index in [4.69, 9.17) is 0 Å². The Hall–Kier alpha value is -0.670. The number of fused-ring (bicyclic) bond motifs is 2. The van der Waals surface area contributed by atoms with Crippen LogP contribution in [-0.4, -0.2) is 36.3 Å². The number of piperidine rings is 1. The topological polar surface area (TPSA) is 15.3 Å². The van der Waals surface area contributed by atoms with E-state index >= 15 is 0 Å². The van der Waals surface area contributed by atoms with E-state index in [1.165, 1.54) is 36.3 Å². The first kappa shape index (κ1) is 12.4. The zero-order valence-electron chi connectivity index (χ0n) is 11.2. The Bertz CT molecular complexity index is 407. The molecule has 1 N–H and O–H groups in total. The van der Waals surface area contributed by atoms with E-state index in [2.05, 4.69) is 47.8 Å². The Labute approximate surface area is 114 Å². The van der Waals surface area contributed by atoms with Gasteiger partial charge in [0.05, 0.1) is 0 Å². The lowest BCUT2D eigenvalue weighted by atomic mass is 9.98. The van der Waals surface area contributed by atoms with Gasteiger partial charge in [-0.15, -0.1) is 11.8 Å². The summed E-state index contributed by atoms with van der Waals surface area (Å²) >= 11 is 1.83. The van der Waals surface area contributed by atoms with Crippen molar-refractivity contribution in [3.8, 4) is 0 Å². The number of nitrogens with one attached hydrogen (secondary N) is 1. The molecule has 18 heavy (non-hydrogen) atoms. The Morgan fingerprint density at radius 2 is 1.83 bits per heavy atom. The predicted molar refractivity (Wildman–Crippen MR) is 79.4 cm³/mol. The van der Waals surface area contributed by atoms with Gasteiger partial charge in [-0.05, 0) is 51.1 Å². The molecule has 2 saturated heterocycles. The fraction of sp³-hybridized carbons (Fsp3) is 0.600. The molecular weight excluding hydrogens is 240 g/mol. The molecule has 2 atom stereocenters.